The van der Waals surface area contributed by atoms with Gasteiger partial charge in [-0.3, -0.25) is 14.4 Å². The van der Waals surface area contributed by atoms with E-state index in [1.165, 1.54) is 20.4 Å². The van der Waals surface area contributed by atoms with E-state index in [0.29, 0.717) is 42.8 Å². The number of hydrazone groups is 1. The maximum absolute atomic E-state index is 12.4. The van der Waals surface area contributed by atoms with Gasteiger partial charge in [0.25, 0.3) is 5.91 Å². The van der Waals surface area contributed by atoms with Gasteiger partial charge in [-0.2, -0.15) is 5.10 Å². The predicted octanol–water partition coefficient (Wildman–Crippen LogP) is 4.72. The fourth-order valence-corrected chi connectivity index (χ4v) is 4.09. The molecule has 10 nitrogen and oxygen atoms in total. The van der Waals surface area contributed by atoms with Crippen LogP contribution in [0.4, 0.5) is 11.4 Å². The number of carbonyl (C=O) groups excluding carboxylic acids is 3. The molecule has 0 aliphatic rings. The Morgan fingerprint density at radius 1 is 0.974 bits per heavy atom. The van der Waals surface area contributed by atoms with Gasteiger partial charge < -0.3 is 24.8 Å². The number of carbonyl (C=O) groups is 3. The topological polar surface area (TPSA) is 127 Å². The zero-order chi connectivity index (χ0) is 27.7. The summed E-state index contributed by atoms with van der Waals surface area (Å²) in [4.78, 5) is 36.5. The lowest BCUT2D eigenvalue weighted by molar-refractivity contribution is -0.136. The number of rotatable bonds is 9. The molecule has 3 aromatic carbocycles. The van der Waals surface area contributed by atoms with Gasteiger partial charge >= 0.3 is 11.8 Å². The maximum atomic E-state index is 12.4. The minimum atomic E-state index is -0.954. The molecule has 198 valence electrons. The van der Waals surface area contributed by atoms with Crippen LogP contribution in [0.2, 0.25) is 10.0 Å². The Kier molecular flexibility index (Phi) is 10.6. The molecule has 3 amide bonds. The summed E-state index contributed by atoms with van der Waals surface area (Å²) in [6.07, 6.45) is 1.33. The Bertz CT molecular complexity index is 1370. The highest BCUT2D eigenvalue weighted by Gasteiger charge is 2.16. The summed E-state index contributed by atoms with van der Waals surface area (Å²) >= 11 is 14.1. The van der Waals surface area contributed by atoms with Crippen LogP contribution in [0.1, 0.15) is 5.56 Å². The van der Waals surface area contributed by atoms with Crippen molar-refractivity contribution in [2.75, 3.05) is 31.5 Å². The van der Waals surface area contributed by atoms with Crippen molar-refractivity contribution in [3.05, 3.63) is 73.8 Å². The van der Waals surface area contributed by atoms with Crippen molar-refractivity contribution >= 4 is 81.1 Å². The van der Waals surface area contributed by atoms with Crippen molar-refractivity contribution in [2.24, 2.45) is 5.10 Å². The molecular weight excluding hydrogens is 650 g/mol. The molecule has 0 aliphatic heterocycles. The Morgan fingerprint density at radius 2 is 1.71 bits per heavy atom. The number of hydrogen-bond acceptors (Lipinski definition) is 7. The van der Waals surface area contributed by atoms with Crippen molar-refractivity contribution in [3.8, 4) is 17.2 Å². The fourth-order valence-electron chi connectivity index (χ4n) is 2.96. The predicted molar refractivity (Wildman–Crippen MR) is 154 cm³/mol. The summed E-state index contributed by atoms with van der Waals surface area (Å²) < 4.78 is 16.7. The third-order valence-corrected chi connectivity index (χ3v) is 6.38. The van der Waals surface area contributed by atoms with Crippen LogP contribution in [-0.2, 0) is 14.4 Å². The van der Waals surface area contributed by atoms with E-state index in [4.69, 9.17) is 37.4 Å². The molecule has 38 heavy (non-hydrogen) atoms. The summed E-state index contributed by atoms with van der Waals surface area (Å²) in [5.41, 5.74) is 3.50. The SMILES string of the molecule is COc1ccc(NC(=O)C(=O)N/N=C\c2cc(I)c(OCC(=O)Nc3cccc(Cl)c3Cl)c(OC)c2)cc1. The number of ether oxygens (including phenoxy) is 3. The average molecular weight is 671 g/mol. The van der Waals surface area contributed by atoms with Crippen LogP contribution in [0.3, 0.4) is 0 Å². The van der Waals surface area contributed by atoms with Crippen LogP contribution >= 0.6 is 45.8 Å². The standard InChI is InChI=1S/C25H21Cl2IN4O6/c1-36-16-8-6-15(7-9-16)30-24(34)25(35)32-29-12-14-10-18(28)23(20(11-14)37-2)38-13-21(33)31-19-5-3-4-17(26)22(19)27/h3-12H,13H2,1-2H3,(H,30,34)(H,31,33)(H,32,35)/b29-12-. The number of hydrogen-bond donors (Lipinski definition) is 3. The summed E-state index contributed by atoms with van der Waals surface area (Å²) in [6.45, 7) is -0.317. The number of amides is 3. The molecule has 0 aliphatic carbocycles. The first kappa shape index (κ1) is 29.0. The van der Waals surface area contributed by atoms with Gasteiger partial charge in [-0.1, -0.05) is 29.3 Å². The molecule has 0 bridgehead atoms. The van der Waals surface area contributed by atoms with E-state index in [-0.39, 0.29) is 11.6 Å². The summed E-state index contributed by atoms with van der Waals surface area (Å²) in [7, 11) is 2.96. The quantitative estimate of drug-likeness (QED) is 0.131. The minimum Gasteiger partial charge on any atom is -0.497 e. The average Bonchev–Trinajstić information content (AvgIpc) is 2.90. The van der Waals surface area contributed by atoms with Crippen LogP contribution in [0.15, 0.2) is 59.7 Å². The molecule has 13 heteroatoms. The van der Waals surface area contributed by atoms with Crippen LogP contribution in [0, 0.1) is 3.57 Å². The minimum absolute atomic E-state index is 0.226. The van der Waals surface area contributed by atoms with Gasteiger partial charge in [-0.25, -0.2) is 5.43 Å². The van der Waals surface area contributed by atoms with E-state index in [0.717, 1.165) is 0 Å². The van der Waals surface area contributed by atoms with Crippen molar-refractivity contribution in [2.45, 2.75) is 0 Å². The van der Waals surface area contributed by atoms with Gasteiger partial charge in [0.1, 0.15) is 5.75 Å². The molecule has 0 radical (unpaired) electrons. The largest absolute Gasteiger partial charge is 0.497 e. The second-order valence-electron chi connectivity index (χ2n) is 7.35. The molecule has 0 aromatic heterocycles. The van der Waals surface area contributed by atoms with Gasteiger partial charge in [0.05, 0.1) is 39.7 Å². The second kappa shape index (κ2) is 13.8. The van der Waals surface area contributed by atoms with E-state index in [1.807, 2.05) is 22.6 Å². The fraction of sp³-hybridized carbons (Fsp3) is 0.120. The van der Waals surface area contributed by atoms with E-state index in [1.54, 1.807) is 54.6 Å². The molecule has 3 N–H and O–H groups in total. The molecule has 0 saturated carbocycles. The Morgan fingerprint density at radius 3 is 2.39 bits per heavy atom. The molecule has 0 fully saturated rings. The molecule has 0 unspecified atom stereocenters. The van der Waals surface area contributed by atoms with Gasteiger partial charge in [-0.05, 0) is 76.7 Å². The Labute approximate surface area is 241 Å². The van der Waals surface area contributed by atoms with Crippen LogP contribution in [-0.4, -0.2) is 44.8 Å². The summed E-state index contributed by atoms with van der Waals surface area (Å²) in [6, 6.07) is 14.7. The molecule has 0 heterocycles. The lowest BCUT2D eigenvalue weighted by Gasteiger charge is -2.14. The maximum Gasteiger partial charge on any atom is 0.329 e. The van der Waals surface area contributed by atoms with Gasteiger partial charge in [0.2, 0.25) is 0 Å². The zero-order valence-corrected chi connectivity index (χ0v) is 23.7. The van der Waals surface area contributed by atoms with Crippen molar-refractivity contribution in [1.82, 2.24) is 5.43 Å². The van der Waals surface area contributed by atoms with E-state index >= 15 is 0 Å². The highest BCUT2D eigenvalue weighted by Crippen LogP contribution is 2.34. The molecule has 0 atom stereocenters. The third kappa shape index (κ3) is 7.97. The highest BCUT2D eigenvalue weighted by atomic mass is 127. The van der Waals surface area contributed by atoms with Crippen molar-refractivity contribution in [3.63, 3.8) is 0 Å². The first-order chi connectivity index (χ1) is 18.2. The second-order valence-corrected chi connectivity index (χ2v) is 9.30. The first-order valence-electron chi connectivity index (χ1n) is 10.7. The molecular formula is C25H21Cl2IN4O6. The van der Waals surface area contributed by atoms with E-state index in [9.17, 15) is 14.4 Å². The molecule has 3 aromatic rings. The molecule has 3 rings (SSSR count). The highest BCUT2D eigenvalue weighted by molar-refractivity contribution is 14.1. The number of benzene rings is 3. The monoisotopic (exact) mass is 670 g/mol. The van der Waals surface area contributed by atoms with Gasteiger partial charge in [0.15, 0.2) is 18.1 Å². The van der Waals surface area contributed by atoms with Crippen LogP contribution in [0.5, 0.6) is 17.2 Å². The van der Waals surface area contributed by atoms with Crippen molar-refractivity contribution in [1.29, 1.82) is 0 Å². The molecule has 0 saturated heterocycles. The lowest BCUT2D eigenvalue weighted by Crippen LogP contribution is -2.32. The number of anilines is 2. The van der Waals surface area contributed by atoms with Crippen molar-refractivity contribution < 1.29 is 28.6 Å². The van der Waals surface area contributed by atoms with E-state index < -0.39 is 17.7 Å². The lowest BCUT2D eigenvalue weighted by atomic mass is 10.2. The normalized spacial score (nSPS) is 10.6. The smallest absolute Gasteiger partial charge is 0.329 e. The number of methoxy groups -OCH3 is 2. The summed E-state index contributed by atoms with van der Waals surface area (Å²) in [5.74, 6) is -1.02. The third-order valence-electron chi connectivity index (χ3n) is 4.76. The number of nitrogens with zero attached hydrogens (tertiary/aromatic N) is 1. The number of nitrogens with one attached hydrogen (secondary N) is 3. The Balaban J connectivity index is 1.58. The van der Waals surface area contributed by atoms with Crippen LogP contribution in [0.25, 0.3) is 0 Å². The van der Waals surface area contributed by atoms with E-state index in [2.05, 4.69) is 21.2 Å². The number of halogens is 3. The van der Waals surface area contributed by atoms with Gasteiger partial charge in [0, 0.05) is 5.69 Å². The van der Waals surface area contributed by atoms with Crippen LogP contribution < -0.4 is 30.3 Å². The summed E-state index contributed by atoms with van der Waals surface area (Å²) in [5, 5.41) is 9.45. The Hall–Kier alpha value is -3.55. The molecule has 0 spiro atoms. The zero-order valence-electron chi connectivity index (χ0n) is 20.0. The first-order valence-corrected chi connectivity index (χ1v) is 12.6. The van der Waals surface area contributed by atoms with Gasteiger partial charge in [-0.15, -0.1) is 0 Å².